The van der Waals surface area contributed by atoms with E-state index in [1.54, 1.807) is 0 Å². The van der Waals surface area contributed by atoms with Gasteiger partial charge in [-0.15, -0.1) is 0 Å². The second-order valence-electron chi connectivity index (χ2n) is 13.3. The monoisotopic (exact) mass is 617 g/mol. The van der Waals surface area contributed by atoms with Crippen LogP contribution in [-0.2, 0) is 5.41 Å². The molecule has 0 N–H and O–H groups in total. The molecule has 1 aliphatic carbocycles. The maximum absolute atomic E-state index is 6.55. The lowest BCUT2D eigenvalue weighted by Gasteiger charge is -2.28. The second-order valence-corrected chi connectivity index (χ2v) is 13.3. The summed E-state index contributed by atoms with van der Waals surface area (Å²) in [4.78, 5) is 2.34. The van der Waals surface area contributed by atoms with Crippen LogP contribution in [0.4, 0.5) is 17.1 Å². The van der Waals surface area contributed by atoms with Crippen molar-refractivity contribution < 1.29 is 8.83 Å². The zero-order chi connectivity index (χ0) is 32.0. The summed E-state index contributed by atoms with van der Waals surface area (Å²) in [6.07, 6.45) is 0. The van der Waals surface area contributed by atoms with E-state index in [2.05, 4.69) is 152 Å². The van der Waals surface area contributed by atoms with E-state index < -0.39 is 0 Å². The van der Waals surface area contributed by atoms with Crippen molar-refractivity contribution in [3.05, 3.63) is 163 Å². The maximum atomic E-state index is 6.55. The number of rotatable bonds is 4. The minimum Gasteiger partial charge on any atom is -0.456 e. The van der Waals surface area contributed by atoms with Crippen molar-refractivity contribution in [2.24, 2.45) is 0 Å². The molecule has 0 bridgehead atoms. The highest BCUT2D eigenvalue weighted by atomic mass is 16.3. The van der Waals surface area contributed by atoms with Crippen LogP contribution in [0.1, 0.15) is 25.0 Å². The number of fused-ring (bicyclic) bond motifs is 10. The molecule has 10 rings (SSSR count). The lowest BCUT2D eigenvalue weighted by molar-refractivity contribution is 0.653. The van der Waals surface area contributed by atoms with Crippen molar-refractivity contribution in [1.29, 1.82) is 0 Å². The molecule has 0 radical (unpaired) electrons. The number of nitrogens with zero attached hydrogens (tertiary/aromatic N) is 1. The van der Waals surface area contributed by atoms with E-state index in [1.807, 2.05) is 18.2 Å². The van der Waals surface area contributed by atoms with Gasteiger partial charge < -0.3 is 13.7 Å². The van der Waals surface area contributed by atoms with Gasteiger partial charge in [0.1, 0.15) is 22.3 Å². The topological polar surface area (TPSA) is 29.5 Å². The van der Waals surface area contributed by atoms with E-state index in [-0.39, 0.29) is 5.41 Å². The largest absolute Gasteiger partial charge is 0.456 e. The van der Waals surface area contributed by atoms with Crippen molar-refractivity contribution in [3.8, 4) is 22.3 Å². The average Bonchev–Trinajstić information content (AvgIpc) is 3.76. The molecule has 3 heteroatoms. The van der Waals surface area contributed by atoms with Gasteiger partial charge in [0.05, 0.1) is 0 Å². The Morgan fingerprint density at radius 2 is 1.02 bits per heavy atom. The molecule has 9 aromatic rings. The number of furan rings is 2. The fourth-order valence-electron chi connectivity index (χ4n) is 7.86. The van der Waals surface area contributed by atoms with Gasteiger partial charge in [0.15, 0.2) is 0 Å². The van der Waals surface area contributed by atoms with Crippen LogP contribution < -0.4 is 4.90 Å². The van der Waals surface area contributed by atoms with Crippen molar-refractivity contribution in [3.63, 3.8) is 0 Å². The third-order valence-corrected chi connectivity index (χ3v) is 10.3. The molecule has 0 fully saturated rings. The van der Waals surface area contributed by atoms with E-state index in [4.69, 9.17) is 8.83 Å². The summed E-state index contributed by atoms with van der Waals surface area (Å²) in [6.45, 7) is 4.66. The molecule has 0 unspecified atom stereocenters. The Kier molecular flexibility index (Phi) is 5.63. The fourth-order valence-corrected chi connectivity index (χ4v) is 7.86. The number of benzene rings is 7. The molecule has 0 saturated carbocycles. The predicted octanol–water partition coefficient (Wildman–Crippen LogP) is 12.9. The van der Waals surface area contributed by atoms with Crippen molar-refractivity contribution in [2.45, 2.75) is 19.3 Å². The van der Waals surface area contributed by atoms with E-state index in [1.165, 1.54) is 33.4 Å². The highest BCUT2D eigenvalue weighted by molar-refractivity contribution is 6.12. The first-order valence-corrected chi connectivity index (χ1v) is 16.5. The quantitative estimate of drug-likeness (QED) is 0.197. The summed E-state index contributed by atoms with van der Waals surface area (Å²) < 4.78 is 12.9. The van der Waals surface area contributed by atoms with E-state index >= 15 is 0 Å². The Morgan fingerprint density at radius 3 is 1.81 bits per heavy atom. The van der Waals surface area contributed by atoms with Crippen LogP contribution in [0.3, 0.4) is 0 Å². The molecular weight excluding hydrogens is 587 g/mol. The molecule has 0 amide bonds. The summed E-state index contributed by atoms with van der Waals surface area (Å²) in [5.74, 6) is 0. The third-order valence-electron chi connectivity index (χ3n) is 10.3. The Hall–Kier alpha value is -6.06. The fraction of sp³-hybridized carbons (Fsp3) is 0.0667. The summed E-state index contributed by atoms with van der Waals surface area (Å²) in [6, 6.07) is 54.0. The van der Waals surface area contributed by atoms with Gasteiger partial charge in [-0.1, -0.05) is 111 Å². The minimum absolute atomic E-state index is 0.209. The molecule has 2 aromatic heterocycles. The minimum atomic E-state index is -0.209. The number of anilines is 3. The highest BCUT2D eigenvalue weighted by Crippen LogP contribution is 2.54. The lowest BCUT2D eigenvalue weighted by Crippen LogP contribution is -2.16. The summed E-state index contributed by atoms with van der Waals surface area (Å²) >= 11 is 0. The number of hydrogen-bond donors (Lipinski definition) is 0. The normalized spacial score (nSPS) is 13.4. The summed E-state index contributed by atoms with van der Waals surface area (Å²) in [7, 11) is 0. The van der Waals surface area contributed by atoms with Crippen LogP contribution in [0.15, 0.2) is 160 Å². The Labute approximate surface area is 278 Å². The van der Waals surface area contributed by atoms with Crippen LogP contribution in [-0.4, -0.2) is 0 Å². The number of hydrogen-bond acceptors (Lipinski definition) is 3. The van der Waals surface area contributed by atoms with Gasteiger partial charge >= 0.3 is 0 Å². The average molecular weight is 618 g/mol. The molecule has 0 aliphatic heterocycles. The van der Waals surface area contributed by atoms with E-state index in [9.17, 15) is 0 Å². The molecule has 0 saturated heterocycles. The Bertz CT molecular complexity index is 2690. The predicted molar refractivity (Wildman–Crippen MR) is 199 cm³/mol. The van der Waals surface area contributed by atoms with Crippen molar-refractivity contribution in [2.75, 3.05) is 4.90 Å². The molecule has 228 valence electrons. The van der Waals surface area contributed by atoms with Crippen LogP contribution >= 0.6 is 0 Å². The molecule has 0 spiro atoms. The first-order chi connectivity index (χ1) is 23.5. The smallest absolute Gasteiger partial charge is 0.143 e. The summed E-state index contributed by atoms with van der Waals surface area (Å²) in [5.41, 5.74) is 14.1. The van der Waals surface area contributed by atoms with Gasteiger partial charge in [0.25, 0.3) is 0 Å². The van der Waals surface area contributed by atoms with Crippen LogP contribution in [0, 0.1) is 0 Å². The third kappa shape index (κ3) is 3.88. The maximum Gasteiger partial charge on any atom is 0.143 e. The summed E-state index contributed by atoms with van der Waals surface area (Å²) in [5, 5.41) is 4.57. The highest BCUT2D eigenvalue weighted by Gasteiger charge is 2.38. The zero-order valence-corrected chi connectivity index (χ0v) is 26.7. The molecule has 7 aromatic carbocycles. The van der Waals surface area contributed by atoms with Crippen molar-refractivity contribution in [1.82, 2.24) is 0 Å². The number of para-hydroxylation sites is 2. The van der Waals surface area contributed by atoms with Crippen LogP contribution in [0.5, 0.6) is 0 Å². The molecule has 0 atom stereocenters. The van der Waals surface area contributed by atoms with Crippen LogP contribution in [0.25, 0.3) is 66.1 Å². The van der Waals surface area contributed by atoms with Gasteiger partial charge in [0, 0.05) is 55.7 Å². The SMILES string of the molecule is CC1(C)c2cc(N(c3ccc(-c4ccccc4)cc3)c3ccc4c(c3)oc3ccccc34)ccc2-c2c1ccc1c2oc2ccccc21. The molecule has 1 aliphatic rings. The van der Waals surface area contributed by atoms with Gasteiger partial charge in [-0.25, -0.2) is 0 Å². The van der Waals surface area contributed by atoms with E-state index in [0.29, 0.717) is 0 Å². The molecule has 2 heterocycles. The molecule has 3 nitrogen and oxygen atoms in total. The zero-order valence-electron chi connectivity index (χ0n) is 26.7. The van der Waals surface area contributed by atoms with E-state index in [0.717, 1.165) is 60.9 Å². The van der Waals surface area contributed by atoms with Gasteiger partial charge in [0.2, 0.25) is 0 Å². The van der Waals surface area contributed by atoms with Gasteiger partial charge in [-0.3, -0.25) is 0 Å². The van der Waals surface area contributed by atoms with Gasteiger partial charge in [-0.05, 0) is 76.3 Å². The molecular formula is C45H31NO2. The first kappa shape index (κ1) is 27.1. The van der Waals surface area contributed by atoms with Crippen molar-refractivity contribution >= 4 is 60.9 Å². The first-order valence-electron chi connectivity index (χ1n) is 16.5. The van der Waals surface area contributed by atoms with Crippen LogP contribution in [0.2, 0.25) is 0 Å². The standard InChI is InChI=1S/C45H31NO2/c1-45(2)38-25-24-36-34-13-7-9-15-41(34)48-44(36)43(38)37-23-21-31(26-39(37)45)46(30-18-16-29(17-19-30)28-10-4-3-5-11-28)32-20-22-35-33-12-6-8-14-40(33)47-42(35)27-32/h3-27H,1-2H3. The second kappa shape index (κ2) is 9.97. The van der Waals surface area contributed by atoms with Gasteiger partial charge in [-0.2, -0.15) is 0 Å². The molecule has 48 heavy (non-hydrogen) atoms. The lowest BCUT2D eigenvalue weighted by atomic mass is 9.82. The Morgan fingerprint density at radius 1 is 0.438 bits per heavy atom. The Balaban J connectivity index is 1.16.